The van der Waals surface area contributed by atoms with Crippen molar-refractivity contribution in [3.63, 3.8) is 0 Å². The Bertz CT molecular complexity index is 293. The Morgan fingerprint density at radius 3 is 2.27 bits per heavy atom. The van der Waals surface area contributed by atoms with Gasteiger partial charge in [0.2, 0.25) is 5.76 Å². The first-order chi connectivity index (χ1) is 7.20. The van der Waals surface area contributed by atoms with Crippen LogP contribution in [0.5, 0.6) is 0 Å². The fraction of sp³-hybridized carbons (Fsp3) is 0.500. The van der Waals surface area contributed by atoms with E-state index < -0.39 is 5.97 Å². The summed E-state index contributed by atoms with van der Waals surface area (Å²) in [5.74, 6) is -0.414. The summed E-state index contributed by atoms with van der Waals surface area (Å²) in [6.07, 6.45) is 0. The molecule has 84 valence electrons. The number of aryl methyl sites for hydroxylation is 1. The Hall–Kier alpha value is -1.33. The molecule has 1 aromatic heterocycles. The van der Waals surface area contributed by atoms with Gasteiger partial charge in [0.15, 0.2) is 0 Å². The first-order valence-electron chi connectivity index (χ1n) is 4.89. The molecule has 0 atom stereocenters. The molecule has 5 heteroatoms. The molecule has 0 bridgehead atoms. The van der Waals surface area contributed by atoms with Crippen LogP contribution >= 0.6 is 0 Å². The molecule has 15 heavy (non-hydrogen) atoms. The fourth-order valence-electron chi connectivity index (χ4n) is 1.13. The van der Waals surface area contributed by atoms with Gasteiger partial charge < -0.3 is 19.6 Å². The monoisotopic (exact) mass is 214 g/mol. The highest BCUT2D eigenvalue weighted by Crippen LogP contribution is 2.04. The molecule has 5 nitrogen and oxygen atoms in total. The molecule has 0 spiro atoms. The number of quaternary nitrogens is 1. The van der Waals surface area contributed by atoms with Crippen LogP contribution in [0.25, 0.3) is 0 Å². The number of hydrogen-bond acceptors (Lipinski definition) is 3. The SMILES string of the molecule is C1COCC[NH2+]1.Cc1ccc(C(=O)O)o1. The van der Waals surface area contributed by atoms with Crippen LogP contribution in [0.15, 0.2) is 16.5 Å². The summed E-state index contributed by atoms with van der Waals surface area (Å²) in [6, 6.07) is 3.04. The van der Waals surface area contributed by atoms with Crippen LogP contribution in [0.4, 0.5) is 0 Å². The standard InChI is InChI=1S/C6H6O3.C4H9NO/c1-4-2-3-5(9-4)6(7)8;1-3-6-4-2-5-1/h2-3H,1H3,(H,7,8);5H,1-4H2/p+1. The highest BCUT2D eigenvalue weighted by Gasteiger charge is 2.04. The lowest BCUT2D eigenvalue weighted by Gasteiger charge is -2.07. The van der Waals surface area contributed by atoms with E-state index in [2.05, 4.69) is 5.32 Å². The largest absolute Gasteiger partial charge is 0.475 e. The van der Waals surface area contributed by atoms with Gasteiger partial charge in [-0.25, -0.2) is 4.79 Å². The summed E-state index contributed by atoms with van der Waals surface area (Å²) < 4.78 is 9.78. The Kier molecular flexibility index (Phi) is 4.86. The van der Waals surface area contributed by atoms with Crippen molar-refractivity contribution in [2.75, 3.05) is 26.3 Å². The quantitative estimate of drug-likeness (QED) is 0.682. The van der Waals surface area contributed by atoms with Gasteiger partial charge in [-0.2, -0.15) is 0 Å². The molecule has 0 aromatic carbocycles. The normalized spacial score (nSPS) is 15.3. The average Bonchev–Trinajstić information content (AvgIpc) is 2.69. The zero-order valence-corrected chi connectivity index (χ0v) is 8.73. The van der Waals surface area contributed by atoms with Crippen molar-refractivity contribution in [1.29, 1.82) is 0 Å². The summed E-state index contributed by atoms with van der Waals surface area (Å²) in [7, 11) is 0. The van der Waals surface area contributed by atoms with Crippen molar-refractivity contribution < 1.29 is 24.4 Å². The van der Waals surface area contributed by atoms with Gasteiger partial charge in [0.05, 0.1) is 26.3 Å². The molecule has 0 amide bonds. The molecule has 1 aromatic rings. The van der Waals surface area contributed by atoms with E-state index in [1.54, 1.807) is 13.0 Å². The molecule has 1 aliphatic heterocycles. The van der Waals surface area contributed by atoms with Crippen LogP contribution in [-0.4, -0.2) is 37.4 Å². The lowest BCUT2D eigenvalue weighted by atomic mass is 10.4. The second-order valence-corrected chi connectivity index (χ2v) is 3.19. The highest BCUT2D eigenvalue weighted by molar-refractivity contribution is 5.84. The second kappa shape index (κ2) is 6.21. The maximum Gasteiger partial charge on any atom is 0.371 e. The molecule has 0 aliphatic carbocycles. The summed E-state index contributed by atoms with van der Waals surface area (Å²) in [4.78, 5) is 10.1. The number of rotatable bonds is 1. The van der Waals surface area contributed by atoms with E-state index in [1.807, 2.05) is 0 Å². The first kappa shape index (κ1) is 11.7. The van der Waals surface area contributed by atoms with E-state index in [4.69, 9.17) is 14.3 Å². The number of ether oxygens (including phenoxy) is 1. The second-order valence-electron chi connectivity index (χ2n) is 3.19. The van der Waals surface area contributed by atoms with Gasteiger partial charge in [-0.05, 0) is 19.1 Å². The number of aromatic carboxylic acids is 1. The van der Waals surface area contributed by atoms with Gasteiger partial charge in [-0.15, -0.1) is 0 Å². The van der Waals surface area contributed by atoms with Crippen molar-refractivity contribution in [2.45, 2.75) is 6.92 Å². The molecule has 0 unspecified atom stereocenters. The van der Waals surface area contributed by atoms with E-state index in [-0.39, 0.29) is 5.76 Å². The third kappa shape index (κ3) is 4.62. The van der Waals surface area contributed by atoms with Gasteiger partial charge in [0.25, 0.3) is 0 Å². The summed E-state index contributed by atoms with van der Waals surface area (Å²) in [5.41, 5.74) is 0. The van der Waals surface area contributed by atoms with E-state index in [0.717, 1.165) is 26.3 Å². The summed E-state index contributed by atoms with van der Waals surface area (Å²) in [5, 5.41) is 10.6. The summed E-state index contributed by atoms with van der Waals surface area (Å²) >= 11 is 0. The lowest BCUT2D eigenvalue weighted by molar-refractivity contribution is -0.670. The molecular weight excluding hydrogens is 198 g/mol. The average molecular weight is 214 g/mol. The van der Waals surface area contributed by atoms with E-state index in [9.17, 15) is 4.79 Å². The van der Waals surface area contributed by atoms with Crippen LogP contribution in [0.1, 0.15) is 16.3 Å². The van der Waals surface area contributed by atoms with Gasteiger partial charge in [0.1, 0.15) is 5.76 Å². The number of carboxylic acid groups (broad SMARTS) is 1. The summed E-state index contributed by atoms with van der Waals surface area (Å²) in [6.45, 7) is 5.90. The Morgan fingerprint density at radius 1 is 1.40 bits per heavy atom. The first-order valence-corrected chi connectivity index (χ1v) is 4.89. The van der Waals surface area contributed by atoms with Gasteiger partial charge in [-0.1, -0.05) is 0 Å². The lowest BCUT2D eigenvalue weighted by Crippen LogP contribution is -2.87. The van der Waals surface area contributed by atoms with Crippen LogP contribution in [0.2, 0.25) is 0 Å². The molecule has 0 saturated carbocycles. The number of carboxylic acids is 1. The topological polar surface area (TPSA) is 76.3 Å². The van der Waals surface area contributed by atoms with Crippen molar-refractivity contribution in [1.82, 2.24) is 0 Å². The zero-order valence-electron chi connectivity index (χ0n) is 8.73. The molecule has 1 saturated heterocycles. The minimum Gasteiger partial charge on any atom is -0.475 e. The number of nitrogens with two attached hydrogens (primary N) is 1. The molecule has 1 fully saturated rings. The Balaban J connectivity index is 0.000000162. The van der Waals surface area contributed by atoms with Crippen LogP contribution in [0.3, 0.4) is 0 Å². The van der Waals surface area contributed by atoms with Crippen molar-refractivity contribution in [2.24, 2.45) is 0 Å². The van der Waals surface area contributed by atoms with Gasteiger partial charge in [-0.3, -0.25) is 0 Å². The number of hydrogen-bond donors (Lipinski definition) is 2. The van der Waals surface area contributed by atoms with Gasteiger partial charge >= 0.3 is 5.97 Å². The Morgan fingerprint density at radius 2 is 2.07 bits per heavy atom. The van der Waals surface area contributed by atoms with E-state index >= 15 is 0 Å². The van der Waals surface area contributed by atoms with Crippen molar-refractivity contribution in [3.05, 3.63) is 23.7 Å². The van der Waals surface area contributed by atoms with E-state index in [1.165, 1.54) is 6.07 Å². The molecular formula is C10H16NO4+. The Labute approximate surface area is 88.0 Å². The van der Waals surface area contributed by atoms with Gasteiger partial charge in [0, 0.05) is 0 Å². The van der Waals surface area contributed by atoms with E-state index in [0.29, 0.717) is 5.76 Å². The third-order valence-corrected chi connectivity index (χ3v) is 1.88. The third-order valence-electron chi connectivity index (χ3n) is 1.88. The van der Waals surface area contributed by atoms with Crippen molar-refractivity contribution >= 4 is 5.97 Å². The maximum absolute atomic E-state index is 10.1. The smallest absolute Gasteiger partial charge is 0.371 e. The number of morpholine rings is 1. The zero-order chi connectivity index (χ0) is 11.1. The number of furan rings is 1. The minimum atomic E-state index is -1.02. The highest BCUT2D eigenvalue weighted by atomic mass is 16.5. The molecule has 2 heterocycles. The fourth-order valence-corrected chi connectivity index (χ4v) is 1.13. The predicted molar refractivity (Wildman–Crippen MR) is 52.9 cm³/mol. The van der Waals surface area contributed by atoms with Crippen molar-refractivity contribution in [3.8, 4) is 0 Å². The maximum atomic E-state index is 10.1. The molecule has 2 rings (SSSR count). The van der Waals surface area contributed by atoms with Crippen LogP contribution < -0.4 is 5.32 Å². The number of carbonyl (C=O) groups is 1. The van der Waals surface area contributed by atoms with Crippen LogP contribution in [-0.2, 0) is 4.74 Å². The molecule has 3 N–H and O–H groups in total. The minimum absolute atomic E-state index is 0.00694. The van der Waals surface area contributed by atoms with Crippen LogP contribution in [0, 0.1) is 6.92 Å². The molecule has 1 aliphatic rings. The predicted octanol–water partition coefficient (Wildman–Crippen LogP) is -0.134. The molecule has 0 radical (unpaired) electrons.